The highest BCUT2D eigenvalue weighted by Gasteiger charge is 2.36. The quantitative estimate of drug-likeness (QED) is 0.806. The molecule has 7 heteroatoms. The lowest BCUT2D eigenvalue weighted by Gasteiger charge is -2.27. The first-order valence-electron chi connectivity index (χ1n) is 8.57. The van der Waals surface area contributed by atoms with Crippen LogP contribution in [0.5, 0.6) is 17.2 Å². The van der Waals surface area contributed by atoms with E-state index in [9.17, 15) is 4.79 Å². The number of fused-ring (bicyclic) bond motifs is 2. The Morgan fingerprint density at radius 2 is 2.04 bits per heavy atom. The van der Waals surface area contributed by atoms with Crippen LogP contribution in [0.4, 0.5) is 0 Å². The average molecular weight is 385 g/mol. The SMILES string of the molecule is CCOc1ccc(C2=NC(=O)C3Cc4cc(Cl)ccc4OC3=N2)cc1OC. The van der Waals surface area contributed by atoms with Gasteiger partial charge in [0.1, 0.15) is 11.7 Å². The summed E-state index contributed by atoms with van der Waals surface area (Å²) >= 11 is 6.03. The van der Waals surface area contributed by atoms with Crippen LogP contribution >= 0.6 is 11.6 Å². The van der Waals surface area contributed by atoms with Gasteiger partial charge in [0.25, 0.3) is 5.91 Å². The zero-order valence-corrected chi connectivity index (χ0v) is 15.6. The second-order valence-electron chi connectivity index (χ2n) is 6.13. The van der Waals surface area contributed by atoms with Crippen LogP contribution in [0, 0.1) is 5.92 Å². The number of rotatable bonds is 4. The van der Waals surface area contributed by atoms with Gasteiger partial charge < -0.3 is 14.2 Å². The average Bonchev–Trinajstić information content (AvgIpc) is 2.67. The molecule has 4 rings (SSSR count). The number of methoxy groups -OCH3 is 1. The molecule has 2 aliphatic heterocycles. The maximum atomic E-state index is 12.6. The van der Waals surface area contributed by atoms with Crippen molar-refractivity contribution >= 4 is 29.2 Å². The highest BCUT2D eigenvalue weighted by Crippen LogP contribution is 2.34. The lowest BCUT2D eigenvalue weighted by molar-refractivity contribution is -0.120. The van der Waals surface area contributed by atoms with Crippen LogP contribution in [0.2, 0.25) is 5.02 Å². The van der Waals surface area contributed by atoms with Gasteiger partial charge in [0.05, 0.1) is 13.7 Å². The molecular formula is C20H17ClN2O4. The molecule has 0 radical (unpaired) electrons. The van der Waals surface area contributed by atoms with E-state index in [0.29, 0.717) is 52.6 Å². The Labute approximate surface area is 161 Å². The topological polar surface area (TPSA) is 69.5 Å². The van der Waals surface area contributed by atoms with Gasteiger partial charge in [0, 0.05) is 10.6 Å². The molecule has 6 nitrogen and oxygen atoms in total. The zero-order valence-electron chi connectivity index (χ0n) is 14.9. The fourth-order valence-electron chi connectivity index (χ4n) is 3.11. The fourth-order valence-corrected chi connectivity index (χ4v) is 3.31. The van der Waals surface area contributed by atoms with Crippen molar-refractivity contribution in [1.29, 1.82) is 0 Å². The van der Waals surface area contributed by atoms with Crippen LogP contribution < -0.4 is 14.2 Å². The molecule has 0 saturated carbocycles. The van der Waals surface area contributed by atoms with Crippen molar-refractivity contribution in [3.8, 4) is 17.2 Å². The van der Waals surface area contributed by atoms with E-state index in [0.717, 1.165) is 5.56 Å². The molecule has 2 aromatic rings. The van der Waals surface area contributed by atoms with Crippen LogP contribution in [0.3, 0.4) is 0 Å². The van der Waals surface area contributed by atoms with Gasteiger partial charge in [0.2, 0.25) is 5.90 Å². The molecule has 138 valence electrons. The van der Waals surface area contributed by atoms with Gasteiger partial charge in [-0.15, -0.1) is 0 Å². The lowest BCUT2D eigenvalue weighted by Crippen LogP contribution is -2.37. The number of carbonyl (C=O) groups excluding carboxylic acids is 1. The van der Waals surface area contributed by atoms with Gasteiger partial charge in [-0.3, -0.25) is 4.79 Å². The molecule has 1 amide bonds. The predicted octanol–water partition coefficient (Wildman–Crippen LogP) is 3.68. The van der Waals surface area contributed by atoms with Crippen molar-refractivity contribution in [2.45, 2.75) is 13.3 Å². The number of nitrogens with zero attached hydrogens (tertiary/aromatic N) is 2. The zero-order chi connectivity index (χ0) is 19.0. The fraction of sp³-hybridized carbons (Fsp3) is 0.250. The summed E-state index contributed by atoms with van der Waals surface area (Å²) in [7, 11) is 1.56. The first-order chi connectivity index (χ1) is 13.1. The number of aliphatic imine (C=N–C) groups is 2. The molecule has 2 heterocycles. The molecular weight excluding hydrogens is 368 g/mol. The number of halogens is 1. The first-order valence-corrected chi connectivity index (χ1v) is 8.95. The van der Waals surface area contributed by atoms with Gasteiger partial charge in [0.15, 0.2) is 17.3 Å². The molecule has 0 N–H and O–H groups in total. The molecule has 0 fully saturated rings. The lowest BCUT2D eigenvalue weighted by atomic mass is 9.94. The number of amides is 1. The number of benzene rings is 2. The van der Waals surface area contributed by atoms with Crippen molar-refractivity contribution in [1.82, 2.24) is 0 Å². The third kappa shape index (κ3) is 3.28. The van der Waals surface area contributed by atoms with Crippen LogP contribution in [-0.4, -0.2) is 31.4 Å². The largest absolute Gasteiger partial charge is 0.493 e. The summed E-state index contributed by atoms with van der Waals surface area (Å²) in [5, 5.41) is 0.603. The molecule has 2 aromatic carbocycles. The maximum Gasteiger partial charge on any atom is 0.260 e. The van der Waals surface area contributed by atoms with Crippen LogP contribution in [0.15, 0.2) is 46.4 Å². The van der Waals surface area contributed by atoms with E-state index in [1.54, 1.807) is 43.5 Å². The Morgan fingerprint density at radius 1 is 1.19 bits per heavy atom. The Hall–Kier alpha value is -2.86. The summed E-state index contributed by atoms with van der Waals surface area (Å²) < 4.78 is 16.8. The van der Waals surface area contributed by atoms with E-state index in [1.165, 1.54) is 0 Å². The van der Waals surface area contributed by atoms with Gasteiger partial charge in [-0.2, -0.15) is 9.98 Å². The minimum absolute atomic E-state index is 0.284. The Balaban J connectivity index is 1.69. The van der Waals surface area contributed by atoms with E-state index in [1.807, 2.05) is 6.92 Å². The number of amidine groups is 1. The summed E-state index contributed by atoms with van der Waals surface area (Å²) in [4.78, 5) is 21.2. The normalized spacial score (nSPS) is 17.9. The molecule has 2 aliphatic rings. The molecule has 0 spiro atoms. The molecule has 0 aromatic heterocycles. The highest BCUT2D eigenvalue weighted by molar-refractivity contribution is 6.30. The molecule has 27 heavy (non-hydrogen) atoms. The predicted molar refractivity (Wildman–Crippen MR) is 102 cm³/mol. The summed E-state index contributed by atoms with van der Waals surface area (Å²) in [5.74, 6) is 1.68. The molecule has 1 unspecified atom stereocenters. The highest BCUT2D eigenvalue weighted by atomic mass is 35.5. The van der Waals surface area contributed by atoms with E-state index in [2.05, 4.69) is 9.98 Å². The number of ether oxygens (including phenoxy) is 3. The van der Waals surface area contributed by atoms with Gasteiger partial charge in [-0.05, 0) is 55.3 Å². The standard InChI is InChI=1S/C20H17ClN2O4/c1-3-26-16-6-4-11(10-17(16)25-2)18-22-19(24)14-9-12-8-13(21)5-7-15(12)27-20(14)23-18/h4-8,10,14H,3,9H2,1-2H3. The number of hydrogen-bond acceptors (Lipinski definition) is 5. The van der Waals surface area contributed by atoms with E-state index < -0.39 is 5.92 Å². The minimum atomic E-state index is -0.524. The van der Waals surface area contributed by atoms with E-state index in [-0.39, 0.29) is 5.91 Å². The second kappa shape index (κ2) is 7.04. The molecule has 0 bridgehead atoms. The molecule has 0 aliphatic carbocycles. The van der Waals surface area contributed by atoms with E-state index >= 15 is 0 Å². The summed E-state index contributed by atoms with van der Waals surface area (Å²) in [6.45, 7) is 2.42. The minimum Gasteiger partial charge on any atom is -0.493 e. The van der Waals surface area contributed by atoms with E-state index in [4.69, 9.17) is 25.8 Å². The summed E-state index contributed by atoms with van der Waals surface area (Å²) in [6, 6.07) is 10.6. The second-order valence-corrected chi connectivity index (χ2v) is 6.57. The van der Waals surface area contributed by atoms with Crippen LogP contribution in [-0.2, 0) is 11.2 Å². The van der Waals surface area contributed by atoms with Crippen molar-refractivity contribution in [3.63, 3.8) is 0 Å². The van der Waals surface area contributed by atoms with Crippen molar-refractivity contribution < 1.29 is 19.0 Å². The Morgan fingerprint density at radius 3 is 2.81 bits per heavy atom. The molecule has 1 atom stereocenters. The third-order valence-corrected chi connectivity index (χ3v) is 4.65. The number of hydrogen-bond donors (Lipinski definition) is 0. The maximum absolute atomic E-state index is 12.6. The third-order valence-electron chi connectivity index (χ3n) is 4.41. The van der Waals surface area contributed by atoms with Crippen molar-refractivity contribution in [2.24, 2.45) is 15.9 Å². The Bertz CT molecular complexity index is 984. The van der Waals surface area contributed by atoms with Crippen molar-refractivity contribution in [3.05, 3.63) is 52.5 Å². The number of carbonyl (C=O) groups is 1. The molecule has 0 saturated heterocycles. The monoisotopic (exact) mass is 384 g/mol. The van der Waals surface area contributed by atoms with Crippen LogP contribution in [0.25, 0.3) is 0 Å². The smallest absolute Gasteiger partial charge is 0.260 e. The van der Waals surface area contributed by atoms with Gasteiger partial charge in [-0.25, -0.2) is 0 Å². The first kappa shape index (κ1) is 17.5. The van der Waals surface area contributed by atoms with Crippen molar-refractivity contribution in [2.75, 3.05) is 13.7 Å². The Kier molecular flexibility index (Phi) is 4.58. The summed E-state index contributed by atoms with van der Waals surface area (Å²) in [6.07, 6.45) is 0.469. The van der Waals surface area contributed by atoms with Crippen LogP contribution in [0.1, 0.15) is 18.1 Å². The van der Waals surface area contributed by atoms with Gasteiger partial charge in [-0.1, -0.05) is 11.6 Å². The summed E-state index contributed by atoms with van der Waals surface area (Å²) in [5.41, 5.74) is 1.53. The van der Waals surface area contributed by atoms with Gasteiger partial charge >= 0.3 is 0 Å².